The van der Waals surface area contributed by atoms with Gasteiger partial charge in [0, 0.05) is 41.8 Å². The summed E-state index contributed by atoms with van der Waals surface area (Å²) in [6.45, 7) is 1.53. The van der Waals surface area contributed by atoms with Gasteiger partial charge in [-0.25, -0.2) is 8.78 Å². The van der Waals surface area contributed by atoms with Crippen LogP contribution < -0.4 is 10.5 Å². The van der Waals surface area contributed by atoms with Crippen LogP contribution in [0.1, 0.15) is 43.7 Å². The van der Waals surface area contributed by atoms with Gasteiger partial charge in [0.25, 0.3) is 11.8 Å². The van der Waals surface area contributed by atoms with Crippen LogP contribution in [0.15, 0.2) is 48.8 Å². The van der Waals surface area contributed by atoms with Gasteiger partial charge in [0.15, 0.2) is 11.6 Å². The van der Waals surface area contributed by atoms with Crippen LogP contribution in [0.5, 0.6) is 5.75 Å². The quantitative estimate of drug-likeness (QED) is 0.679. The van der Waals surface area contributed by atoms with Crippen LogP contribution in [-0.2, 0) is 6.54 Å². The van der Waals surface area contributed by atoms with Crippen molar-refractivity contribution < 1.29 is 23.1 Å². The van der Waals surface area contributed by atoms with Crippen molar-refractivity contribution >= 4 is 11.8 Å². The highest BCUT2D eigenvalue weighted by atomic mass is 19.1. The number of fused-ring (bicyclic) bond motifs is 1. The molecule has 0 spiro atoms. The van der Waals surface area contributed by atoms with E-state index in [4.69, 9.17) is 10.5 Å². The Morgan fingerprint density at radius 1 is 1.19 bits per heavy atom. The summed E-state index contributed by atoms with van der Waals surface area (Å²) in [6.07, 6.45) is 2.97. The molecule has 1 atom stereocenters. The molecule has 0 saturated heterocycles. The van der Waals surface area contributed by atoms with E-state index in [0.717, 1.165) is 12.1 Å². The molecule has 0 fully saturated rings. The first-order valence-corrected chi connectivity index (χ1v) is 9.45. The van der Waals surface area contributed by atoms with Gasteiger partial charge in [-0.15, -0.1) is 0 Å². The van der Waals surface area contributed by atoms with Crippen LogP contribution in [0.2, 0.25) is 0 Å². The third kappa shape index (κ3) is 3.81. The Bertz CT molecular complexity index is 1190. The Morgan fingerprint density at radius 2 is 1.94 bits per heavy atom. The first kappa shape index (κ1) is 20.4. The average Bonchev–Trinajstić information content (AvgIpc) is 3.16. The zero-order valence-electron chi connectivity index (χ0n) is 16.5. The number of pyridine rings is 2. The van der Waals surface area contributed by atoms with Gasteiger partial charge in [-0.05, 0) is 31.2 Å². The number of aryl methyl sites for hydroxylation is 1. The summed E-state index contributed by atoms with van der Waals surface area (Å²) >= 11 is 0. The lowest BCUT2D eigenvalue weighted by atomic mass is 10.0. The number of primary amides is 1. The zero-order valence-corrected chi connectivity index (χ0v) is 16.5. The van der Waals surface area contributed by atoms with E-state index in [9.17, 15) is 18.4 Å². The van der Waals surface area contributed by atoms with E-state index >= 15 is 0 Å². The van der Waals surface area contributed by atoms with Gasteiger partial charge < -0.3 is 15.4 Å². The van der Waals surface area contributed by atoms with Gasteiger partial charge in [0.1, 0.15) is 18.1 Å². The van der Waals surface area contributed by atoms with Crippen LogP contribution in [-0.4, -0.2) is 33.3 Å². The van der Waals surface area contributed by atoms with E-state index in [1.54, 1.807) is 37.4 Å². The minimum atomic E-state index is -0.846. The Morgan fingerprint density at radius 3 is 2.68 bits per heavy atom. The summed E-state index contributed by atoms with van der Waals surface area (Å²) in [6, 6.07) is 7.53. The number of hydrogen-bond donors (Lipinski definition) is 1. The first-order chi connectivity index (χ1) is 14.9. The molecular weight excluding hydrogens is 406 g/mol. The molecule has 2 amide bonds. The lowest BCUT2D eigenvalue weighted by Crippen LogP contribution is -2.36. The SMILES string of the molecule is Cc1ncccc1C(=O)N(Cc1cccnc1C(N)=O)C1COc2c(F)cc(F)cc21. The van der Waals surface area contributed by atoms with Gasteiger partial charge in [-0.2, -0.15) is 0 Å². The van der Waals surface area contributed by atoms with Gasteiger partial charge in [0.2, 0.25) is 0 Å². The molecule has 2 aromatic heterocycles. The molecule has 7 nitrogen and oxygen atoms in total. The van der Waals surface area contributed by atoms with Crippen molar-refractivity contribution in [1.82, 2.24) is 14.9 Å². The van der Waals surface area contributed by atoms with Crippen molar-refractivity contribution in [1.29, 1.82) is 0 Å². The molecule has 1 aliphatic rings. The van der Waals surface area contributed by atoms with E-state index in [1.807, 2.05) is 0 Å². The van der Waals surface area contributed by atoms with E-state index in [-0.39, 0.29) is 30.2 Å². The van der Waals surface area contributed by atoms with Crippen LogP contribution in [0.25, 0.3) is 0 Å². The third-order valence-corrected chi connectivity index (χ3v) is 5.12. The molecular formula is C22H18F2N4O3. The number of aromatic nitrogens is 2. The number of amides is 2. The number of benzene rings is 1. The monoisotopic (exact) mass is 424 g/mol. The van der Waals surface area contributed by atoms with Crippen LogP contribution in [0.3, 0.4) is 0 Å². The predicted molar refractivity (Wildman–Crippen MR) is 106 cm³/mol. The predicted octanol–water partition coefficient (Wildman–Crippen LogP) is 2.94. The number of nitrogens with zero attached hydrogens (tertiary/aromatic N) is 3. The second kappa shape index (κ2) is 8.10. The molecule has 0 aliphatic carbocycles. The highest BCUT2D eigenvalue weighted by Crippen LogP contribution is 2.40. The maximum atomic E-state index is 14.2. The summed E-state index contributed by atoms with van der Waals surface area (Å²) < 4.78 is 33.6. The maximum absolute atomic E-state index is 14.2. The summed E-state index contributed by atoms with van der Waals surface area (Å²) in [5.74, 6) is -2.91. The van der Waals surface area contributed by atoms with Crippen molar-refractivity contribution in [2.45, 2.75) is 19.5 Å². The number of carbonyl (C=O) groups is 2. The summed E-state index contributed by atoms with van der Waals surface area (Å²) in [7, 11) is 0. The number of nitrogens with two attached hydrogens (primary N) is 1. The van der Waals surface area contributed by atoms with E-state index in [0.29, 0.717) is 16.8 Å². The minimum absolute atomic E-state index is 0.00719. The van der Waals surface area contributed by atoms with Crippen LogP contribution in [0, 0.1) is 18.6 Å². The Kier molecular flexibility index (Phi) is 5.33. The standard InChI is InChI=1S/C22H18F2N4O3/c1-12-15(5-3-6-26-12)22(30)28(10-13-4-2-7-27-19(13)21(25)29)18-11-31-20-16(18)8-14(23)9-17(20)24/h2-9,18H,10-11H2,1H3,(H2,25,29). The Labute approximate surface area is 176 Å². The lowest BCUT2D eigenvalue weighted by molar-refractivity contribution is 0.0626. The molecule has 0 saturated carbocycles. The Hall–Kier alpha value is -3.88. The third-order valence-electron chi connectivity index (χ3n) is 5.12. The molecule has 1 aliphatic heterocycles. The average molecular weight is 424 g/mol. The van der Waals surface area contributed by atoms with Crippen molar-refractivity contribution in [2.24, 2.45) is 5.73 Å². The molecule has 1 aromatic carbocycles. The highest BCUT2D eigenvalue weighted by Gasteiger charge is 2.36. The molecule has 1 unspecified atom stereocenters. The van der Waals surface area contributed by atoms with Gasteiger partial charge >= 0.3 is 0 Å². The lowest BCUT2D eigenvalue weighted by Gasteiger charge is -2.29. The number of ether oxygens (including phenoxy) is 1. The van der Waals surface area contributed by atoms with Gasteiger partial charge in [0.05, 0.1) is 11.6 Å². The fourth-order valence-electron chi connectivity index (χ4n) is 3.65. The number of halogens is 2. The first-order valence-electron chi connectivity index (χ1n) is 9.45. The zero-order chi connectivity index (χ0) is 22.1. The largest absolute Gasteiger partial charge is 0.488 e. The number of carbonyl (C=O) groups excluding carboxylic acids is 2. The minimum Gasteiger partial charge on any atom is -0.488 e. The molecule has 3 heterocycles. The molecule has 2 N–H and O–H groups in total. The second-order valence-corrected chi connectivity index (χ2v) is 7.08. The molecule has 9 heteroatoms. The van der Waals surface area contributed by atoms with Crippen molar-refractivity contribution in [2.75, 3.05) is 6.61 Å². The molecule has 0 radical (unpaired) electrons. The van der Waals surface area contributed by atoms with Gasteiger partial charge in [-0.3, -0.25) is 19.6 Å². The fraction of sp³-hybridized carbons (Fsp3) is 0.182. The maximum Gasteiger partial charge on any atom is 0.267 e. The molecule has 4 rings (SSSR count). The molecule has 0 bridgehead atoms. The van der Waals surface area contributed by atoms with Crippen LogP contribution in [0.4, 0.5) is 8.78 Å². The van der Waals surface area contributed by atoms with Crippen molar-refractivity contribution in [3.63, 3.8) is 0 Å². The Balaban J connectivity index is 1.81. The topological polar surface area (TPSA) is 98.4 Å². The molecule has 158 valence electrons. The smallest absolute Gasteiger partial charge is 0.267 e. The molecule has 3 aromatic rings. The van der Waals surface area contributed by atoms with E-state index in [2.05, 4.69) is 9.97 Å². The van der Waals surface area contributed by atoms with E-state index in [1.165, 1.54) is 11.1 Å². The fourth-order valence-corrected chi connectivity index (χ4v) is 3.65. The number of rotatable bonds is 5. The number of hydrogen-bond acceptors (Lipinski definition) is 5. The highest BCUT2D eigenvalue weighted by molar-refractivity contribution is 5.96. The summed E-state index contributed by atoms with van der Waals surface area (Å²) in [5, 5.41) is 0. The van der Waals surface area contributed by atoms with Crippen molar-refractivity contribution in [3.8, 4) is 5.75 Å². The van der Waals surface area contributed by atoms with E-state index < -0.39 is 29.5 Å². The van der Waals surface area contributed by atoms with Crippen molar-refractivity contribution in [3.05, 3.63) is 88.5 Å². The van der Waals surface area contributed by atoms with Crippen LogP contribution >= 0.6 is 0 Å². The van der Waals surface area contributed by atoms with Gasteiger partial charge in [-0.1, -0.05) is 6.07 Å². The summed E-state index contributed by atoms with van der Waals surface area (Å²) in [4.78, 5) is 34.9. The molecule has 31 heavy (non-hydrogen) atoms. The second-order valence-electron chi connectivity index (χ2n) is 7.08. The summed E-state index contributed by atoms with van der Waals surface area (Å²) in [5.41, 5.74) is 6.85. The normalized spacial score (nSPS) is 14.6.